The smallest absolute Gasteiger partial charge is 0.416 e. The Kier molecular flexibility index (Phi) is 10.9. The normalized spacial score (nSPS) is 13.7. The molecular formula is C20H35NO6. The van der Waals surface area contributed by atoms with E-state index in [1.165, 1.54) is 13.2 Å². The highest BCUT2D eigenvalue weighted by molar-refractivity contribution is 5.95. The van der Waals surface area contributed by atoms with E-state index >= 15 is 0 Å². The minimum absolute atomic E-state index is 0.0210. The number of allylic oxidation sites excluding steroid dienone is 1. The van der Waals surface area contributed by atoms with Gasteiger partial charge in [-0.05, 0) is 24.2 Å². The zero-order valence-corrected chi connectivity index (χ0v) is 17.5. The molecule has 0 aliphatic carbocycles. The maximum Gasteiger partial charge on any atom is 0.416 e. The van der Waals surface area contributed by atoms with E-state index in [2.05, 4.69) is 6.58 Å². The first-order chi connectivity index (χ1) is 12.4. The molecule has 0 saturated heterocycles. The van der Waals surface area contributed by atoms with E-state index in [1.807, 2.05) is 34.6 Å². The number of ether oxygens (including phenoxy) is 2. The zero-order chi connectivity index (χ0) is 21.2. The first-order valence-corrected chi connectivity index (χ1v) is 9.25. The molecular weight excluding hydrogens is 350 g/mol. The van der Waals surface area contributed by atoms with E-state index in [1.54, 1.807) is 0 Å². The molecule has 2 atom stereocenters. The van der Waals surface area contributed by atoms with Crippen LogP contribution in [0.1, 0.15) is 47.5 Å². The number of carboxylic acid groups (broad SMARTS) is 1. The van der Waals surface area contributed by atoms with Crippen molar-refractivity contribution in [2.24, 2.45) is 23.2 Å². The van der Waals surface area contributed by atoms with Gasteiger partial charge in [-0.2, -0.15) is 0 Å². The molecule has 1 N–H and O–H groups in total. The van der Waals surface area contributed by atoms with Crippen LogP contribution in [0.4, 0.5) is 4.79 Å². The second-order valence-electron chi connectivity index (χ2n) is 8.30. The molecule has 0 radical (unpaired) electrons. The van der Waals surface area contributed by atoms with Crippen molar-refractivity contribution < 1.29 is 29.0 Å². The fraction of sp³-hybridized carbons (Fsp3) is 0.750. The van der Waals surface area contributed by atoms with Crippen molar-refractivity contribution in [3.63, 3.8) is 0 Å². The fourth-order valence-corrected chi connectivity index (χ4v) is 2.76. The minimum atomic E-state index is -1.07. The molecule has 0 aromatic rings. The van der Waals surface area contributed by atoms with Crippen LogP contribution in [0.15, 0.2) is 12.7 Å². The lowest BCUT2D eigenvalue weighted by Gasteiger charge is -2.33. The Balaban J connectivity index is 5.75. The van der Waals surface area contributed by atoms with Crippen molar-refractivity contribution in [3.8, 4) is 0 Å². The lowest BCUT2D eigenvalue weighted by Crippen LogP contribution is -2.48. The summed E-state index contributed by atoms with van der Waals surface area (Å²) < 4.78 is 10.0. The summed E-state index contributed by atoms with van der Waals surface area (Å²) in [6.07, 6.45) is 1.23. The van der Waals surface area contributed by atoms with Crippen LogP contribution in [0.5, 0.6) is 0 Å². The van der Waals surface area contributed by atoms with E-state index in [0.29, 0.717) is 6.42 Å². The van der Waals surface area contributed by atoms with Crippen LogP contribution in [-0.2, 0) is 19.1 Å². The Hall–Kier alpha value is -1.89. The van der Waals surface area contributed by atoms with Crippen LogP contribution in [0.25, 0.3) is 0 Å². The molecule has 2 amide bonds. The average Bonchev–Trinajstić information content (AvgIpc) is 2.54. The summed E-state index contributed by atoms with van der Waals surface area (Å²) in [6.45, 7) is 13.5. The van der Waals surface area contributed by atoms with Gasteiger partial charge >= 0.3 is 12.1 Å². The molecule has 156 valence electrons. The summed E-state index contributed by atoms with van der Waals surface area (Å²) in [6, 6.07) is 0. The van der Waals surface area contributed by atoms with Crippen LogP contribution in [-0.4, -0.2) is 54.8 Å². The molecule has 0 rings (SSSR count). The highest BCUT2D eigenvalue weighted by Crippen LogP contribution is 2.28. The number of carboxylic acids is 1. The van der Waals surface area contributed by atoms with Gasteiger partial charge in [0.05, 0.1) is 18.4 Å². The third-order valence-electron chi connectivity index (χ3n) is 3.90. The van der Waals surface area contributed by atoms with Crippen molar-refractivity contribution in [3.05, 3.63) is 12.7 Å². The Morgan fingerprint density at radius 3 is 2.15 bits per heavy atom. The number of rotatable bonds is 11. The number of carbonyl (C=O) groups excluding carboxylic acids is 2. The van der Waals surface area contributed by atoms with Crippen molar-refractivity contribution in [2.75, 3.05) is 26.9 Å². The summed E-state index contributed by atoms with van der Waals surface area (Å²) in [7, 11) is 1.48. The van der Waals surface area contributed by atoms with Gasteiger partial charge in [0, 0.05) is 13.7 Å². The Morgan fingerprint density at radius 2 is 1.74 bits per heavy atom. The molecule has 0 fully saturated rings. The van der Waals surface area contributed by atoms with Crippen molar-refractivity contribution in [1.29, 1.82) is 0 Å². The topological polar surface area (TPSA) is 93.1 Å². The number of imide groups is 1. The van der Waals surface area contributed by atoms with Crippen molar-refractivity contribution in [2.45, 2.75) is 47.5 Å². The maximum absolute atomic E-state index is 13.2. The van der Waals surface area contributed by atoms with E-state index in [-0.39, 0.29) is 37.5 Å². The average molecular weight is 386 g/mol. The summed E-state index contributed by atoms with van der Waals surface area (Å²) in [5.41, 5.74) is -0.366. The van der Waals surface area contributed by atoms with Gasteiger partial charge in [0.2, 0.25) is 5.91 Å². The Morgan fingerprint density at radius 1 is 1.15 bits per heavy atom. The number of hydrogen-bond donors (Lipinski definition) is 1. The second kappa shape index (κ2) is 11.7. The summed E-state index contributed by atoms with van der Waals surface area (Å²) in [5, 5.41) is 9.61. The van der Waals surface area contributed by atoms with E-state index in [0.717, 1.165) is 4.90 Å². The Labute approximate surface area is 162 Å². The van der Waals surface area contributed by atoms with Gasteiger partial charge in [-0.25, -0.2) is 9.69 Å². The van der Waals surface area contributed by atoms with Crippen LogP contribution in [0.3, 0.4) is 0 Å². The molecule has 7 nitrogen and oxygen atoms in total. The molecule has 0 aliphatic heterocycles. The molecule has 0 aliphatic rings. The first kappa shape index (κ1) is 25.1. The molecule has 27 heavy (non-hydrogen) atoms. The molecule has 0 aromatic heterocycles. The first-order valence-electron chi connectivity index (χ1n) is 9.25. The largest absolute Gasteiger partial charge is 0.481 e. The zero-order valence-electron chi connectivity index (χ0n) is 17.5. The van der Waals surface area contributed by atoms with Crippen molar-refractivity contribution in [1.82, 2.24) is 4.90 Å². The molecule has 0 saturated carbocycles. The quantitative estimate of drug-likeness (QED) is 0.432. The molecule has 0 bridgehead atoms. The van der Waals surface area contributed by atoms with Crippen LogP contribution < -0.4 is 0 Å². The van der Waals surface area contributed by atoms with Gasteiger partial charge in [0.15, 0.2) is 0 Å². The fourth-order valence-electron chi connectivity index (χ4n) is 2.76. The molecule has 7 heteroatoms. The third kappa shape index (κ3) is 9.56. The predicted molar refractivity (Wildman–Crippen MR) is 103 cm³/mol. The summed E-state index contributed by atoms with van der Waals surface area (Å²) in [4.78, 5) is 38.6. The standard InChI is InChI=1S/C20H35NO6/c1-8-9-15(18(23)24)16(12-14(2)3)17(22)21(13-20(4,5)6)19(25)27-11-10-26-7/h8,14-16H,1,9-13H2,2-7H3,(H,23,24)/t15-,16?/m0/s1. The minimum Gasteiger partial charge on any atom is -0.481 e. The van der Waals surface area contributed by atoms with E-state index < -0.39 is 29.8 Å². The van der Waals surface area contributed by atoms with Gasteiger partial charge in [0.25, 0.3) is 0 Å². The molecule has 0 heterocycles. The number of methoxy groups -OCH3 is 1. The van der Waals surface area contributed by atoms with Gasteiger partial charge in [-0.15, -0.1) is 6.58 Å². The number of nitrogens with zero attached hydrogens (tertiary/aromatic N) is 1. The monoisotopic (exact) mass is 385 g/mol. The second-order valence-corrected chi connectivity index (χ2v) is 8.30. The SMILES string of the molecule is C=CC[C@H](C(=O)O)C(CC(C)C)C(=O)N(CC(C)(C)C)C(=O)OCCOC. The molecule has 1 unspecified atom stereocenters. The van der Waals surface area contributed by atoms with E-state index in [9.17, 15) is 19.5 Å². The Bertz CT molecular complexity index is 509. The molecule has 0 aromatic carbocycles. The van der Waals surface area contributed by atoms with Crippen LogP contribution in [0.2, 0.25) is 0 Å². The number of amides is 2. The highest BCUT2D eigenvalue weighted by Gasteiger charge is 2.39. The predicted octanol–water partition coefficient (Wildman–Crippen LogP) is 3.58. The lowest BCUT2D eigenvalue weighted by atomic mass is 9.82. The summed E-state index contributed by atoms with van der Waals surface area (Å²) in [5.74, 6) is -3.27. The van der Waals surface area contributed by atoms with Gasteiger partial charge < -0.3 is 14.6 Å². The summed E-state index contributed by atoms with van der Waals surface area (Å²) >= 11 is 0. The number of carbonyl (C=O) groups is 3. The van der Waals surface area contributed by atoms with Crippen LogP contribution in [0, 0.1) is 23.2 Å². The third-order valence-corrected chi connectivity index (χ3v) is 3.90. The number of hydrogen-bond acceptors (Lipinski definition) is 5. The van der Waals surface area contributed by atoms with E-state index in [4.69, 9.17) is 9.47 Å². The van der Waals surface area contributed by atoms with Crippen molar-refractivity contribution >= 4 is 18.0 Å². The van der Waals surface area contributed by atoms with Gasteiger partial charge in [-0.3, -0.25) is 9.59 Å². The van der Waals surface area contributed by atoms with Gasteiger partial charge in [-0.1, -0.05) is 40.7 Å². The number of aliphatic carboxylic acids is 1. The molecule has 0 spiro atoms. The lowest BCUT2D eigenvalue weighted by molar-refractivity contribution is -0.150. The van der Waals surface area contributed by atoms with Crippen LogP contribution >= 0.6 is 0 Å². The van der Waals surface area contributed by atoms with Gasteiger partial charge in [0.1, 0.15) is 6.61 Å². The highest BCUT2D eigenvalue weighted by atomic mass is 16.6. The maximum atomic E-state index is 13.2.